The van der Waals surface area contributed by atoms with E-state index >= 15 is 0 Å². The van der Waals surface area contributed by atoms with Crippen LogP contribution in [0.3, 0.4) is 0 Å². The first-order chi connectivity index (χ1) is 8.95. The van der Waals surface area contributed by atoms with Crippen molar-refractivity contribution in [2.24, 2.45) is 11.8 Å². The topological polar surface area (TPSA) is 69.6 Å². The molecular formula is C14H26N2O3. The summed E-state index contributed by atoms with van der Waals surface area (Å²) in [5.74, 6) is -1.05. The van der Waals surface area contributed by atoms with Gasteiger partial charge in [0.2, 0.25) is 0 Å². The second kappa shape index (κ2) is 7.36. The van der Waals surface area contributed by atoms with Crippen LogP contribution in [-0.4, -0.2) is 41.1 Å². The maximum atomic E-state index is 11.9. The van der Waals surface area contributed by atoms with Gasteiger partial charge < -0.3 is 15.3 Å². The van der Waals surface area contributed by atoms with Crippen LogP contribution in [0.4, 0.5) is 4.79 Å². The van der Waals surface area contributed by atoms with Crippen LogP contribution >= 0.6 is 0 Å². The predicted octanol–water partition coefficient (Wildman–Crippen LogP) is 2.32. The first-order valence-corrected chi connectivity index (χ1v) is 7.24. The fourth-order valence-electron chi connectivity index (χ4n) is 2.27. The summed E-state index contributed by atoms with van der Waals surface area (Å²) in [4.78, 5) is 24.4. The zero-order chi connectivity index (χ0) is 14.4. The number of carbonyl (C=O) groups is 2. The Hall–Kier alpha value is -1.26. The SMILES string of the molecule is CCCCCC(C)NC(=O)N1CC(C(C)C(=O)O)C1. The fourth-order valence-corrected chi connectivity index (χ4v) is 2.27. The molecule has 1 rings (SSSR count). The first-order valence-electron chi connectivity index (χ1n) is 7.24. The van der Waals surface area contributed by atoms with Gasteiger partial charge in [-0.15, -0.1) is 0 Å². The number of carboxylic acid groups (broad SMARTS) is 1. The van der Waals surface area contributed by atoms with Crippen LogP contribution < -0.4 is 5.32 Å². The van der Waals surface area contributed by atoms with Gasteiger partial charge in [-0.1, -0.05) is 33.1 Å². The quantitative estimate of drug-likeness (QED) is 0.697. The summed E-state index contributed by atoms with van der Waals surface area (Å²) in [7, 11) is 0. The van der Waals surface area contributed by atoms with Crippen LogP contribution in [0.2, 0.25) is 0 Å². The van der Waals surface area contributed by atoms with Gasteiger partial charge in [-0.25, -0.2) is 4.79 Å². The number of nitrogens with one attached hydrogen (secondary N) is 1. The highest BCUT2D eigenvalue weighted by Crippen LogP contribution is 2.24. The standard InChI is InChI=1S/C14H26N2O3/c1-4-5-6-7-10(2)15-14(19)16-8-12(9-16)11(3)13(17)18/h10-12H,4-9H2,1-3H3,(H,15,19)(H,17,18). The number of likely N-dealkylation sites (tertiary alicyclic amines) is 1. The molecule has 1 heterocycles. The Morgan fingerprint density at radius 1 is 1.32 bits per heavy atom. The molecule has 0 spiro atoms. The van der Waals surface area contributed by atoms with Crippen molar-refractivity contribution in [1.82, 2.24) is 10.2 Å². The molecule has 0 bridgehead atoms. The Balaban J connectivity index is 2.21. The number of nitrogens with zero attached hydrogens (tertiary/aromatic N) is 1. The Labute approximate surface area is 115 Å². The Bertz CT molecular complexity index is 314. The van der Waals surface area contributed by atoms with Crippen molar-refractivity contribution in [3.63, 3.8) is 0 Å². The van der Waals surface area contributed by atoms with Gasteiger partial charge in [-0.05, 0) is 13.3 Å². The normalized spacial score (nSPS) is 18.6. The third kappa shape index (κ3) is 4.73. The lowest BCUT2D eigenvalue weighted by atomic mass is 9.87. The first kappa shape index (κ1) is 15.8. The number of hydrogen-bond donors (Lipinski definition) is 2. The van der Waals surface area contributed by atoms with Gasteiger partial charge in [-0.3, -0.25) is 4.79 Å². The van der Waals surface area contributed by atoms with E-state index < -0.39 is 5.97 Å². The van der Waals surface area contributed by atoms with E-state index in [4.69, 9.17) is 5.11 Å². The summed E-state index contributed by atoms with van der Waals surface area (Å²) in [6.45, 7) is 7.00. The van der Waals surface area contributed by atoms with E-state index in [2.05, 4.69) is 12.2 Å². The number of unbranched alkanes of at least 4 members (excludes halogenated alkanes) is 2. The minimum atomic E-state index is -0.780. The van der Waals surface area contributed by atoms with Crippen molar-refractivity contribution in [3.05, 3.63) is 0 Å². The highest BCUT2D eigenvalue weighted by atomic mass is 16.4. The highest BCUT2D eigenvalue weighted by molar-refractivity contribution is 5.76. The zero-order valence-electron chi connectivity index (χ0n) is 12.2. The molecule has 2 N–H and O–H groups in total. The molecule has 0 radical (unpaired) electrons. The molecule has 1 fully saturated rings. The third-order valence-corrected chi connectivity index (χ3v) is 3.90. The number of urea groups is 1. The smallest absolute Gasteiger partial charge is 0.317 e. The van der Waals surface area contributed by atoms with Crippen LogP contribution in [0.1, 0.15) is 46.5 Å². The molecule has 5 nitrogen and oxygen atoms in total. The molecule has 2 atom stereocenters. The van der Waals surface area contributed by atoms with Crippen molar-refractivity contribution < 1.29 is 14.7 Å². The summed E-state index contributed by atoms with van der Waals surface area (Å²) < 4.78 is 0. The molecule has 2 amide bonds. The van der Waals surface area contributed by atoms with Gasteiger partial charge >= 0.3 is 12.0 Å². The zero-order valence-corrected chi connectivity index (χ0v) is 12.2. The summed E-state index contributed by atoms with van der Waals surface area (Å²) in [6, 6.07) is 0.132. The largest absolute Gasteiger partial charge is 0.481 e. The van der Waals surface area contributed by atoms with Crippen molar-refractivity contribution in [2.45, 2.75) is 52.5 Å². The number of carbonyl (C=O) groups excluding carboxylic acids is 1. The van der Waals surface area contributed by atoms with Crippen LogP contribution in [0.25, 0.3) is 0 Å². The second-order valence-corrected chi connectivity index (χ2v) is 5.64. The van der Waals surface area contributed by atoms with Gasteiger partial charge in [0.15, 0.2) is 0 Å². The number of carboxylic acids is 1. The number of aliphatic carboxylic acids is 1. The molecule has 0 aromatic carbocycles. The van der Waals surface area contributed by atoms with Crippen molar-refractivity contribution in [3.8, 4) is 0 Å². The summed E-state index contributed by atoms with van der Waals surface area (Å²) in [5, 5.41) is 11.9. The Morgan fingerprint density at radius 3 is 2.47 bits per heavy atom. The maximum Gasteiger partial charge on any atom is 0.317 e. The molecule has 0 aromatic rings. The molecule has 2 unspecified atom stereocenters. The minimum absolute atomic E-state index is 0.0576. The van der Waals surface area contributed by atoms with E-state index in [1.165, 1.54) is 12.8 Å². The van der Waals surface area contributed by atoms with Gasteiger partial charge in [0.1, 0.15) is 0 Å². The summed E-state index contributed by atoms with van der Waals surface area (Å²) in [5.41, 5.74) is 0. The molecular weight excluding hydrogens is 244 g/mol. The molecule has 0 aliphatic carbocycles. The van der Waals surface area contributed by atoms with Crippen LogP contribution in [0.15, 0.2) is 0 Å². The molecule has 0 aromatic heterocycles. The number of amides is 2. The molecule has 19 heavy (non-hydrogen) atoms. The molecule has 5 heteroatoms. The third-order valence-electron chi connectivity index (χ3n) is 3.90. The maximum absolute atomic E-state index is 11.9. The van der Waals surface area contributed by atoms with E-state index in [9.17, 15) is 9.59 Å². The second-order valence-electron chi connectivity index (χ2n) is 5.64. The Morgan fingerprint density at radius 2 is 1.95 bits per heavy atom. The molecule has 0 saturated carbocycles. The molecule has 1 saturated heterocycles. The number of hydrogen-bond acceptors (Lipinski definition) is 2. The van der Waals surface area contributed by atoms with E-state index in [0.717, 1.165) is 12.8 Å². The van der Waals surface area contributed by atoms with Gasteiger partial charge in [0.05, 0.1) is 5.92 Å². The van der Waals surface area contributed by atoms with Crippen molar-refractivity contribution in [2.75, 3.05) is 13.1 Å². The molecule has 1 aliphatic heterocycles. The van der Waals surface area contributed by atoms with E-state index in [1.807, 2.05) is 6.92 Å². The lowest BCUT2D eigenvalue weighted by Gasteiger charge is -2.41. The van der Waals surface area contributed by atoms with E-state index in [1.54, 1.807) is 11.8 Å². The summed E-state index contributed by atoms with van der Waals surface area (Å²) >= 11 is 0. The van der Waals surface area contributed by atoms with Gasteiger partial charge in [-0.2, -0.15) is 0 Å². The monoisotopic (exact) mass is 270 g/mol. The molecule has 1 aliphatic rings. The molecule has 110 valence electrons. The Kier molecular flexibility index (Phi) is 6.12. The fraction of sp³-hybridized carbons (Fsp3) is 0.857. The number of rotatable bonds is 7. The van der Waals surface area contributed by atoms with Crippen molar-refractivity contribution in [1.29, 1.82) is 0 Å². The minimum Gasteiger partial charge on any atom is -0.481 e. The van der Waals surface area contributed by atoms with Crippen LogP contribution in [0, 0.1) is 11.8 Å². The van der Waals surface area contributed by atoms with Gasteiger partial charge in [0, 0.05) is 25.0 Å². The van der Waals surface area contributed by atoms with E-state index in [0.29, 0.717) is 13.1 Å². The van der Waals surface area contributed by atoms with Crippen LogP contribution in [0.5, 0.6) is 0 Å². The van der Waals surface area contributed by atoms with E-state index in [-0.39, 0.29) is 23.9 Å². The highest BCUT2D eigenvalue weighted by Gasteiger charge is 2.37. The van der Waals surface area contributed by atoms with Gasteiger partial charge in [0.25, 0.3) is 0 Å². The average molecular weight is 270 g/mol. The average Bonchev–Trinajstić information content (AvgIpc) is 2.26. The van der Waals surface area contributed by atoms with Crippen molar-refractivity contribution >= 4 is 12.0 Å². The predicted molar refractivity (Wildman–Crippen MR) is 74.0 cm³/mol. The summed E-state index contributed by atoms with van der Waals surface area (Å²) in [6.07, 6.45) is 4.52. The van der Waals surface area contributed by atoms with Crippen LogP contribution in [-0.2, 0) is 4.79 Å². The lowest BCUT2D eigenvalue weighted by molar-refractivity contribution is -0.144. The lowest BCUT2D eigenvalue weighted by Crippen LogP contribution is -2.57.